The number of nitrogens with zero attached hydrogens (tertiary/aromatic N) is 1. The molecule has 1 aliphatic rings. The minimum atomic E-state index is 1.05. The zero-order valence-corrected chi connectivity index (χ0v) is 6.53. The molecule has 0 atom stereocenters. The first-order valence-electron chi connectivity index (χ1n) is 3.69. The van der Waals surface area contributed by atoms with Gasteiger partial charge in [-0.2, -0.15) is 0 Å². The molecule has 0 aliphatic carbocycles. The Morgan fingerprint density at radius 1 is 1.50 bits per heavy atom. The average Bonchev–Trinajstić information content (AvgIpc) is 2.17. The van der Waals surface area contributed by atoms with Gasteiger partial charge in [0.05, 0.1) is 6.21 Å². The molecule has 0 fully saturated rings. The summed E-state index contributed by atoms with van der Waals surface area (Å²) in [7, 11) is 1.63. The van der Waals surface area contributed by atoms with Gasteiger partial charge in [-0.25, -0.2) is 0 Å². The largest absolute Gasteiger partial charge is 0.468 e. The van der Waals surface area contributed by atoms with Crippen LogP contribution in [-0.4, -0.2) is 13.7 Å². The van der Waals surface area contributed by atoms with Gasteiger partial charge in [0, 0.05) is 0 Å². The van der Waals surface area contributed by atoms with Gasteiger partial charge in [-0.3, -0.25) is 0 Å². The van der Waals surface area contributed by atoms with Crippen molar-refractivity contribution < 1.29 is 4.76 Å². The number of benzene rings is 1. The highest BCUT2D eigenvalue weighted by molar-refractivity contribution is 6.49. The van der Waals surface area contributed by atoms with E-state index in [2.05, 4.69) is 11.7 Å². The van der Waals surface area contributed by atoms with Crippen LogP contribution in [0.15, 0.2) is 29.9 Å². The minimum absolute atomic E-state index is 1.05. The zero-order chi connectivity index (χ0) is 8.39. The van der Waals surface area contributed by atoms with Crippen LogP contribution in [0.2, 0.25) is 0 Å². The maximum atomic E-state index is 4.79. The van der Waals surface area contributed by atoms with Crippen molar-refractivity contribution in [2.24, 2.45) is 5.16 Å². The Bertz CT molecular complexity index is 346. The fourth-order valence-corrected chi connectivity index (χ4v) is 1.11. The molecular formula is C9H7BNO. The van der Waals surface area contributed by atoms with Crippen molar-refractivity contribution in [1.82, 2.24) is 0 Å². The number of rotatable bonds is 1. The van der Waals surface area contributed by atoms with Crippen molar-refractivity contribution in [3.63, 3.8) is 0 Å². The molecule has 0 N–H and O–H groups in total. The van der Waals surface area contributed by atoms with Crippen molar-refractivity contribution in [3.8, 4) is 0 Å². The fourth-order valence-electron chi connectivity index (χ4n) is 1.11. The maximum Gasteiger partial charge on any atom is 0.449 e. The van der Waals surface area contributed by atoms with Gasteiger partial charge in [0.1, 0.15) is 0 Å². The molecule has 1 aromatic carbocycles. The molecule has 0 saturated heterocycles. The predicted octanol–water partition coefficient (Wildman–Crippen LogP) is 0.938. The van der Waals surface area contributed by atoms with Crippen LogP contribution in [0, 0.1) is 0 Å². The van der Waals surface area contributed by atoms with E-state index in [1.54, 1.807) is 13.7 Å². The summed E-state index contributed by atoms with van der Waals surface area (Å²) in [6.45, 7) is 3.69. The fraction of sp³-hybridized carbons (Fsp3) is 0. The minimum Gasteiger partial charge on any atom is -0.468 e. The van der Waals surface area contributed by atoms with E-state index in [9.17, 15) is 0 Å². The van der Waals surface area contributed by atoms with E-state index in [1.807, 2.05) is 24.3 Å². The van der Waals surface area contributed by atoms with E-state index in [0.29, 0.717) is 0 Å². The summed E-state index contributed by atoms with van der Waals surface area (Å²) in [5, 5.41) is 3.68. The van der Waals surface area contributed by atoms with E-state index in [4.69, 9.17) is 4.76 Å². The van der Waals surface area contributed by atoms with Crippen LogP contribution in [0.3, 0.4) is 0 Å². The molecule has 0 amide bonds. The Labute approximate surface area is 71.8 Å². The summed E-state index contributed by atoms with van der Waals surface area (Å²) in [6.07, 6.45) is 3.51. The Kier molecular flexibility index (Phi) is 1.70. The van der Waals surface area contributed by atoms with Crippen LogP contribution >= 0.6 is 0 Å². The quantitative estimate of drug-likeness (QED) is 0.554. The molecular weight excluding hydrogens is 149 g/mol. The summed E-state index contributed by atoms with van der Waals surface area (Å²) in [5.41, 5.74) is 3.21. The Hall–Kier alpha value is -1.51. The third-order valence-electron chi connectivity index (χ3n) is 1.78. The first-order chi connectivity index (χ1) is 5.90. The number of hydrogen-bond donors (Lipinski definition) is 0. The lowest BCUT2D eigenvalue weighted by atomic mass is 9.83. The van der Waals surface area contributed by atoms with Gasteiger partial charge < -0.3 is 4.76 Å². The summed E-state index contributed by atoms with van der Waals surface area (Å²) < 4.78 is 4.79. The molecule has 1 heterocycles. The Balaban J connectivity index is 2.51. The molecule has 0 unspecified atom stereocenters. The second kappa shape index (κ2) is 2.85. The Morgan fingerprint density at radius 2 is 2.42 bits per heavy atom. The molecule has 3 heteroatoms. The van der Waals surface area contributed by atoms with Crippen LogP contribution < -0.4 is 5.46 Å². The first kappa shape index (κ1) is 7.16. The molecule has 1 aliphatic heterocycles. The third-order valence-corrected chi connectivity index (χ3v) is 1.78. The monoisotopic (exact) mass is 156 g/mol. The second-order valence-corrected chi connectivity index (χ2v) is 2.55. The normalized spacial score (nSPS) is 12.7. The Morgan fingerprint density at radius 3 is 3.25 bits per heavy atom. The van der Waals surface area contributed by atoms with Crippen LogP contribution in [0.1, 0.15) is 11.1 Å². The molecule has 57 valence electrons. The van der Waals surface area contributed by atoms with Crippen molar-refractivity contribution in [2.45, 2.75) is 0 Å². The molecule has 0 spiro atoms. The topological polar surface area (TPSA) is 21.6 Å². The van der Waals surface area contributed by atoms with Crippen LogP contribution in [0.5, 0.6) is 0 Å². The molecule has 0 saturated carbocycles. The lowest BCUT2D eigenvalue weighted by Crippen LogP contribution is -2.24. The summed E-state index contributed by atoms with van der Waals surface area (Å²) in [6, 6.07) is 5.99. The standard InChI is InChI=1S/C9H7BNO/c1-2-7-3-4-9-8(5-7)6-11-12-10-9/h2-6H,1H2. The van der Waals surface area contributed by atoms with Gasteiger partial charge in [-0.1, -0.05) is 24.8 Å². The van der Waals surface area contributed by atoms with Gasteiger partial charge in [-0.15, -0.1) is 5.16 Å². The van der Waals surface area contributed by atoms with E-state index in [-0.39, 0.29) is 0 Å². The van der Waals surface area contributed by atoms with Crippen molar-refractivity contribution in [1.29, 1.82) is 0 Å². The highest BCUT2D eigenvalue weighted by atomic mass is 16.6. The molecule has 1 radical (unpaired) electrons. The summed E-state index contributed by atoms with van der Waals surface area (Å²) in [4.78, 5) is 0. The van der Waals surface area contributed by atoms with E-state index >= 15 is 0 Å². The highest BCUT2D eigenvalue weighted by Gasteiger charge is 2.08. The van der Waals surface area contributed by atoms with Crippen molar-refractivity contribution in [3.05, 3.63) is 35.9 Å². The zero-order valence-electron chi connectivity index (χ0n) is 6.53. The van der Waals surface area contributed by atoms with E-state index in [1.165, 1.54) is 0 Å². The number of fused-ring (bicyclic) bond motifs is 1. The van der Waals surface area contributed by atoms with Crippen molar-refractivity contribution in [2.75, 3.05) is 0 Å². The van der Waals surface area contributed by atoms with E-state index in [0.717, 1.165) is 16.6 Å². The molecule has 0 bridgehead atoms. The lowest BCUT2D eigenvalue weighted by molar-refractivity contribution is 0.370. The number of hydrogen-bond acceptors (Lipinski definition) is 2. The van der Waals surface area contributed by atoms with Crippen LogP contribution in [0.25, 0.3) is 6.08 Å². The SMILES string of the molecule is C=Cc1ccc2c(c1)C=NO[B]2. The van der Waals surface area contributed by atoms with Crippen molar-refractivity contribution >= 4 is 25.2 Å². The average molecular weight is 156 g/mol. The number of oxime groups is 1. The first-order valence-corrected chi connectivity index (χ1v) is 3.69. The third kappa shape index (κ3) is 1.14. The van der Waals surface area contributed by atoms with Crippen LogP contribution in [0.4, 0.5) is 0 Å². The van der Waals surface area contributed by atoms with E-state index < -0.39 is 0 Å². The predicted molar refractivity (Wildman–Crippen MR) is 50.6 cm³/mol. The van der Waals surface area contributed by atoms with Gasteiger partial charge in [0.2, 0.25) is 0 Å². The highest BCUT2D eigenvalue weighted by Crippen LogP contribution is 2.04. The smallest absolute Gasteiger partial charge is 0.449 e. The van der Waals surface area contributed by atoms with Gasteiger partial charge in [-0.05, 0) is 22.7 Å². The van der Waals surface area contributed by atoms with Gasteiger partial charge in [0.15, 0.2) is 0 Å². The molecule has 2 rings (SSSR count). The van der Waals surface area contributed by atoms with Gasteiger partial charge >= 0.3 is 7.48 Å². The lowest BCUT2D eigenvalue weighted by Gasteiger charge is -2.08. The summed E-state index contributed by atoms with van der Waals surface area (Å²) in [5.74, 6) is 0. The maximum absolute atomic E-state index is 4.79. The van der Waals surface area contributed by atoms with Gasteiger partial charge in [0.25, 0.3) is 0 Å². The molecule has 12 heavy (non-hydrogen) atoms. The molecule has 0 aromatic heterocycles. The van der Waals surface area contributed by atoms with Crippen LogP contribution in [-0.2, 0) is 4.76 Å². The molecule has 1 aromatic rings. The summed E-state index contributed by atoms with van der Waals surface area (Å²) >= 11 is 0. The molecule has 2 nitrogen and oxygen atoms in total. The second-order valence-electron chi connectivity index (χ2n) is 2.55.